The van der Waals surface area contributed by atoms with E-state index in [2.05, 4.69) is 5.32 Å². The van der Waals surface area contributed by atoms with E-state index < -0.39 is 5.91 Å². The van der Waals surface area contributed by atoms with Gasteiger partial charge in [-0.3, -0.25) is 9.59 Å². The van der Waals surface area contributed by atoms with Gasteiger partial charge in [0.25, 0.3) is 11.8 Å². The van der Waals surface area contributed by atoms with Crippen molar-refractivity contribution in [3.8, 4) is 11.5 Å². The summed E-state index contributed by atoms with van der Waals surface area (Å²) in [6, 6.07) is 12.0. The zero-order valence-electron chi connectivity index (χ0n) is 13.4. The summed E-state index contributed by atoms with van der Waals surface area (Å²) in [5, 5.41) is 2.72. The number of methoxy groups -OCH3 is 1. The topological polar surface area (TPSA) is 90.7 Å². The third-order valence-corrected chi connectivity index (χ3v) is 3.93. The number of rotatable bonds is 7. The number of amides is 2. The fourth-order valence-corrected chi connectivity index (χ4v) is 2.38. The monoisotopic (exact) mass is 346 g/mol. The highest BCUT2D eigenvalue weighted by molar-refractivity contribution is 7.98. The molecule has 126 valence electrons. The predicted molar refractivity (Wildman–Crippen MR) is 93.9 cm³/mol. The van der Waals surface area contributed by atoms with E-state index in [0.717, 1.165) is 4.90 Å². The summed E-state index contributed by atoms with van der Waals surface area (Å²) in [5.41, 5.74) is 6.16. The van der Waals surface area contributed by atoms with Gasteiger partial charge in [-0.05, 0) is 42.7 Å². The van der Waals surface area contributed by atoms with Gasteiger partial charge in [-0.2, -0.15) is 0 Å². The molecule has 0 saturated heterocycles. The Labute approximate surface area is 144 Å². The second kappa shape index (κ2) is 8.26. The van der Waals surface area contributed by atoms with Crippen molar-refractivity contribution in [1.82, 2.24) is 0 Å². The van der Waals surface area contributed by atoms with Crippen LogP contribution in [0.15, 0.2) is 47.4 Å². The van der Waals surface area contributed by atoms with E-state index in [1.807, 2.05) is 30.5 Å². The molecule has 0 spiro atoms. The van der Waals surface area contributed by atoms with Crippen LogP contribution >= 0.6 is 11.8 Å². The third-order valence-electron chi connectivity index (χ3n) is 3.19. The quantitative estimate of drug-likeness (QED) is 0.752. The lowest BCUT2D eigenvalue weighted by Crippen LogP contribution is -2.21. The minimum absolute atomic E-state index is 0.188. The summed E-state index contributed by atoms with van der Waals surface area (Å²) in [6.45, 7) is -0.252. The Bertz CT molecular complexity index is 732. The first-order valence-corrected chi connectivity index (χ1v) is 8.30. The number of anilines is 1. The number of thioether (sulfide) groups is 1. The Kier molecular flexibility index (Phi) is 6.08. The highest BCUT2D eigenvalue weighted by Crippen LogP contribution is 2.24. The summed E-state index contributed by atoms with van der Waals surface area (Å²) in [4.78, 5) is 24.5. The lowest BCUT2D eigenvalue weighted by molar-refractivity contribution is -0.118. The maximum Gasteiger partial charge on any atom is 0.262 e. The predicted octanol–water partition coefficient (Wildman–Crippen LogP) is 2.53. The Morgan fingerprint density at radius 1 is 1.17 bits per heavy atom. The van der Waals surface area contributed by atoms with E-state index in [1.165, 1.54) is 19.2 Å². The molecule has 6 nitrogen and oxygen atoms in total. The normalized spacial score (nSPS) is 10.1. The van der Waals surface area contributed by atoms with Gasteiger partial charge in [-0.1, -0.05) is 0 Å². The first-order valence-electron chi connectivity index (χ1n) is 7.08. The van der Waals surface area contributed by atoms with Crippen LogP contribution in [0, 0.1) is 0 Å². The van der Waals surface area contributed by atoms with Crippen molar-refractivity contribution in [2.24, 2.45) is 5.73 Å². The second-order valence-corrected chi connectivity index (χ2v) is 5.67. The van der Waals surface area contributed by atoms with Crippen LogP contribution in [0.4, 0.5) is 5.69 Å². The lowest BCUT2D eigenvalue weighted by Gasteiger charge is -2.11. The van der Waals surface area contributed by atoms with E-state index in [-0.39, 0.29) is 23.8 Å². The van der Waals surface area contributed by atoms with Gasteiger partial charge in [0.15, 0.2) is 6.61 Å². The zero-order chi connectivity index (χ0) is 17.5. The number of primary amides is 1. The van der Waals surface area contributed by atoms with Gasteiger partial charge in [0, 0.05) is 16.6 Å². The molecule has 0 heterocycles. The summed E-state index contributed by atoms with van der Waals surface area (Å²) in [7, 11) is 1.49. The molecule has 2 rings (SSSR count). The van der Waals surface area contributed by atoms with E-state index in [9.17, 15) is 9.59 Å². The molecular weight excluding hydrogens is 328 g/mol. The van der Waals surface area contributed by atoms with Crippen LogP contribution in [0.25, 0.3) is 0 Å². The van der Waals surface area contributed by atoms with Gasteiger partial charge in [-0.15, -0.1) is 11.8 Å². The number of hydrogen-bond acceptors (Lipinski definition) is 5. The smallest absolute Gasteiger partial charge is 0.262 e. The summed E-state index contributed by atoms with van der Waals surface area (Å²) in [5.74, 6) is -0.274. The number of nitrogens with one attached hydrogen (secondary N) is 1. The van der Waals surface area contributed by atoms with Crippen LogP contribution in [-0.2, 0) is 4.79 Å². The van der Waals surface area contributed by atoms with Crippen molar-refractivity contribution >= 4 is 29.3 Å². The minimum atomic E-state index is -0.638. The van der Waals surface area contributed by atoms with E-state index in [4.69, 9.17) is 15.2 Å². The Balaban J connectivity index is 2.01. The molecule has 2 aromatic carbocycles. The zero-order valence-corrected chi connectivity index (χ0v) is 14.2. The molecular formula is C17H18N2O4S. The molecule has 0 aliphatic rings. The lowest BCUT2D eigenvalue weighted by atomic mass is 10.2. The highest BCUT2D eigenvalue weighted by Gasteiger charge is 2.12. The fourth-order valence-electron chi connectivity index (χ4n) is 1.97. The summed E-state index contributed by atoms with van der Waals surface area (Å²) < 4.78 is 10.5. The van der Waals surface area contributed by atoms with Crippen LogP contribution in [0.1, 0.15) is 10.4 Å². The number of ether oxygens (including phenoxy) is 2. The number of benzene rings is 2. The third kappa shape index (κ3) is 4.66. The van der Waals surface area contributed by atoms with Crippen molar-refractivity contribution in [2.45, 2.75) is 4.90 Å². The van der Waals surface area contributed by atoms with Crippen molar-refractivity contribution in [1.29, 1.82) is 0 Å². The Hall–Kier alpha value is -2.67. The average Bonchev–Trinajstić information content (AvgIpc) is 2.60. The summed E-state index contributed by atoms with van der Waals surface area (Å²) >= 11 is 1.62. The largest absolute Gasteiger partial charge is 0.497 e. The van der Waals surface area contributed by atoms with Gasteiger partial charge in [0.2, 0.25) is 0 Å². The first-order chi connectivity index (χ1) is 11.5. The van der Waals surface area contributed by atoms with Crippen LogP contribution in [0.3, 0.4) is 0 Å². The van der Waals surface area contributed by atoms with Crippen LogP contribution in [0.2, 0.25) is 0 Å². The maximum absolute atomic E-state index is 12.0. The minimum Gasteiger partial charge on any atom is -0.497 e. The van der Waals surface area contributed by atoms with Gasteiger partial charge < -0.3 is 20.5 Å². The van der Waals surface area contributed by atoms with Crippen LogP contribution in [0.5, 0.6) is 11.5 Å². The van der Waals surface area contributed by atoms with Crippen molar-refractivity contribution in [2.75, 3.05) is 25.3 Å². The fraction of sp³-hybridized carbons (Fsp3) is 0.176. The molecule has 0 aromatic heterocycles. The number of nitrogens with two attached hydrogens (primary N) is 1. The standard InChI is InChI=1S/C17H18N2O4S/c1-22-12-5-8-14(17(18)21)15(9-12)23-10-16(20)19-11-3-6-13(24-2)7-4-11/h3-9H,10H2,1-2H3,(H2,18,21)(H,19,20). The van der Waals surface area contributed by atoms with Gasteiger partial charge >= 0.3 is 0 Å². The second-order valence-electron chi connectivity index (χ2n) is 4.79. The van der Waals surface area contributed by atoms with E-state index >= 15 is 0 Å². The first kappa shape index (κ1) is 17.7. The average molecular weight is 346 g/mol. The number of carbonyl (C=O) groups excluding carboxylic acids is 2. The molecule has 0 atom stereocenters. The molecule has 2 amide bonds. The van der Waals surface area contributed by atoms with E-state index in [1.54, 1.807) is 17.8 Å². The van der Waals surface area contributed by atoms with Gasteiger partial charge in [0.05, 0.1) is 12.7 Å². The maximum atomic E-state index is 12.0. The molecule has 24 heavy (non-hydrogen) atoms. The molecule has 0 aliphatic heterocycles. The molecule has 0 unspecified atom stereocenters. The van der Waals surface area contributed by atoms with Crippen molar-refractivity contribution in [3.63, 3.8) is 0 Å². The number of carbonyl (C=O) groups is 2. The Morgan fingerprint density at radius 3 is 2.46 bits per heavy atom. The van der Waals surface area contributed by atoms with Crippen molar-refractivity contribution in [3.05, 3.63) is 48.0 Å². The molecule has 0 saturated carbocycles. The van der Waals surface area contributed by atoms with Gasteiger partial charge in [-0.25, -0.2) is 0 Å². The molecule has 3 N–H and O–H groups in total. The molecule has 7 heteroatoms. The number of hydrogen-bond donors (Lipinski definition) is 2. The molecule has 0 bridgehead atoms. The van der Waals surface area contributed by atoms with Crippen molar-refractivity contribution < 1.29 is 19.1 Å². The summed E-state index contributed by atoms with van der Waals surface area (Å²) in [6.07, 6.45) is 1.98. The Morgan fingerprint density at radius 2 is 1.88 bits per heavy atom. The molecule has 2 aromatic rings. The van der Waals surface area contributed by atoms with Crippen LogP contribution in [-0.4, -0.2) is 31.8 Å². The van der Waals surface area contributed by atoms with Gasteiger partial charge in [0.1, 0.15) is 11.5 Å². The molecule has 0 fully saturated rings. The van der Waals surface area contributed by atoms with E-state index in [0.29, 0.717) is 11.4 Å². The molecule has 0 radical (unpaired) electrons. The molecule has 0 aliphatic carbocycles. The highest BCUT2D eigenvalue weighted by atomic mass is 32.2. The SMILES string of the molecule is COc1ccc(C(N)=O)c(OCC(=O)Nc2ccc(SC)cc2)c1. The van der Waals surface area contributed by atoms with Crippen LogP contribution < -0.4 is 20.5 Å².